The number of hydrogen-bond acceptors (Lipinski definition) is 2. The van der Waals surface area contributed by atoms with E-state index in [1.807, 2.05) is 0 Å². The average molecular weight is 249 g/mol. The van der Waals surface area contributed by atoms with Crippen molar-refractivity contribution in [3.63, 3.8) is 0 Å². The largest absolute Gasteiger partial charge is 0.379 e. The molecule has 0 aliphatic carbocycles. The van der Waals surface area contributed by atoms with Crippen LogP contribution in [0.2, 0.25) is 0 Å². The molecule has 2 nitrogen and oxygen atoms in total. The first-order chi connectivity index (χ1) is 8.48. The van der Waals surface area contributed by atoms with Crippen LogP contribution in [0, 0.1) is 6.92 Å². The van der Waals surface area contributed by atoms with Gasteiger partial charge in [0, 0.05) is 13.2 Å². The summed E-state index contributed by atoms with van der Waals surface area (Å²) in [6, 6.07) is 9.24. The van der Waals surface area contributed by atoms with Gasteiger partial charge in [-0.1, -0.05) is 36.8 Å². The molecule has 0 fully saturated rings. The lowest BCUT2D eigenvalue weighted by molar-refractivity contribution is 0.0153. The van der Waals surface area contributed by atoms with E-state index in [9.17, 15) is 0 Å². The third kappa shape index (κ3) is 4.79. The average Bonchev–Trinajstić information content (AvgIpc) is 2.36. The second kappa shape index (κ2) is 6.91. The molecule has 1 unspecified atom stereocenters. The van der Waals surface area contributed by atoms with Crippen LogP contribution >= 0.6 is 0 Å². The van der Waals surface area contributed by atoms with Gasteiger partial charge in [-0.2, -0.15) is 0 Å². The van der Waals surface area contributed by atoms with E-state index in [4.69, 9.17) is 4.74 Å². The normalized spacial score (nSPS) is 13.6. The summed E-state index contributed by atoms with van der Waals surface area (Å²) in [5, 5.41) is 3.62. The molecule has 1 atom stereocenters. The van der Waals surface area contributed by atoms with Crippen LogP contribution in [0.3, 0.4) is 0 Å². The molecular formula is C16H27NO. The molecule has 0 bridgehead atoms. The van der Waals surface area contributed by atoms with E-state index in [2.05, 4.69) is 57.3 Å². The van der Waals surface area contributed by atoms with Gasteiger partial charge in [0.15, 0.2) is 0 Å². The minimum Gasteiger partial charge on any atom is -0.379 e. The van der Waals surface area contributed by atoms with Gasteiger partial charge in [0.2, 0.25) is 0 Å². The number of ether oxygens (including phenoxy) is 1. The lowest BCUT2D eigenvalue weighted by atomic mass is 10.0. The summed E-state index contributed by atoms with van der Waals surface area (Å²) in [4.78, 5) is 0. The minimum atomic E-state index is -0.0431. The summed E-state index contributed by atoms with van der Waals surface area (Å²) in [5.41, 5.74) is 2.64. The number of benzene rings is 1. The molecule has 102 valence electrons. The summed E-state index contributed by atoms with van der Waals surface area (Å²) in [6.45, 7) is 9.58. The molecule has 2 heteroatoms. The van der Waals surface area contributed by atoms with E-state index in [1.165, 1.54) is 11.1 Å². The highest BCUT2D eigenvalue weighted by Crippen LogP contribution is 2.18. The van der Waals surface area contributed by atoms with Gasteiger partial charge in [0.1, 0.15) is 0 Å². The first-order valence-electron chi connectivity index (χ1n) is 6.83. The maximum absolute atomic E-state index is 5.43. The van der Waals surface area contributed by atoms with Crippen molar-refractivity contribution in [1.82, 2.24) is 5.32 Å². The van der Waals surface area contributed by atoms with Crippen molar-refractivity contribution in [3.05, 3.63) is 35.4 Å². The number of nitrogens with one attached hydrogen (secondary N) is 1. The number of aryl methyl sites for hydroxylation is 1. The molecule has 1 aromatic carbocycles. The Labute approximate surface area is 112 Å². The molecule has 0 aliphatic rings. The molecule has 0 amide bonds. The second-order valence-electron chi connectivity index (χ2n) is 5.54. The first kappa shape index (κ1) is 15.2. The van der Waals surface area contributed by atoms with Crippen LogP contribution < -0.4 is 5.32 Å². The van der Waals surface area contributed by atoms with Crippen LogP contribution in [0.15, 0.2) is 24.3 Å². The van der Waals surface area contributed by atoms with Gasteiger partial charge in [0.25, 0.3) is 0 Å². The van der Waals surface area contributed by atoms with E-state index in [0.717, 1.165) is 19.4 Å². The summed E-state index contributed by atoms with van der Waals surface area (Å²) in [7, 11) is 1.78. The molecule has 0 aliphatic heterocycles. The van der Waals surface area contributed by atoms with Crippen molar-refractivity contribution in [1.29, 1.82) is 0 Å². The van der Waals surface area contributed by atoms with Crippen LogP contribution in [0.25, 0.3) is 0 Å². The molecule has 0 spiro atoms. The van der Waals surface area contributed by atoms with Gasteiger partial charge in [-0.05, 0) is 45.7 Å². The van der Waals surface area contributed by atoms with Gasteiger partial charge >= 0.3 is 0 Å². The topological polar surface area (TPSA) is 21.3 Å². The molecule has 18 heavy (non-hydrogen) atoms. The SMILES string of the molecule is CCC(NCCC(C)(C)OC)c1ccc(C)cc1. The monoisotopic (exact) mass is 249 g/mol. The number of methoxy groups -OCH3 is 1. The molecule has 0 saturated heterocycles. The smallest absolute Gasteiger partial charge is 0.0634 e. The zero-order valence-corrected chi connectivity index (χ0v) is 12.4. The zero-order valence-electron chi connectivity index (χ0n) is 12.4. The number of rotatable bonds is 7. The van der Waals surface area contributed by atoms with E-state index in [-0.39, 0.29) is 5.60 Å². The Morgan fingerprint density at radius 1 is 1.22 bits per heavy atom. The van der Waals surface area contributed by atoms with Gasteiger partial charge in [-0.25, -0.2) is 0 Å². The van der Waals surface area contributed by atoms with Gasteiger partial charge < -0.3 is 10.1 Å². The molecule has 0 radical (unpaired) electrons. The molecule has 0 aromatic heterocycles. The van der Waals surface area contributed by atoms with E-state index in [0.29, 0.717) is 6.04 Å². The quantitative estimate of drug-likeness (QED) is 0.792. The molecular weight excluding hydrogens is 222 g/mol. The van der Waals surface area contributed by atoms with Crippen molar-refractivity contribution in [3.8, 4) is 0 Å². The molecule has 1 aromatic rings. The third-order valence-electron chi connectivity index (χ3n) is 3.56. The van der Waals surface area contributed by atoms with Crippen molar-refractivity contribution in [2.24, 2.45) is 0 Å². The van der Waals surface area contributed by atoms with Crippen LogP contribution in [-0.4, -0.2) is 19.3 Å². The van der Waals surface area contributed by atoms with Crippen molar-refractivity contribution in [2.45, 2.75) is 52.2 Å². The Morgan fingerprint density at radius 3 is 2.33 bits per heavy atom. The highest BCUT2D eigenvalue weighted by molar-refractivity contribution is 5.24. The lowest BCUT2D eigenvalue weighted by Crippen LogP contribution is -2.30. The van der Waals surface area contributed by atoms with Crippen molar-refractivity contribution in [2.75, 3.05) is 13.7 Å². The fraction of sp³-hybridized carbons (Fsp3) is 0.625. The predicted octanol–water partition coefficient (Wildman–Crippen LogP) is 3.85. The van der Waals surface area contributed by atoms with Gasteiger partial charge in [-0.15, -0.1) is 0 Å². The Balaban J connectivity index is 2.50. The molecule has 1 rings (SSSR count). The summed E-state index contributed by atoms with van der Waals surface area (Å²) in [6.07, 6.45) is 2.13. The van der Waals surface area contributed by atoms with Gasteiger partial charge in [0.05, 0.1) is 5.60 Å². The van der Waals surface area contributed by atoms with Crippen LogP contribution in [0.1, 0.15) is 50.8 Å². The van der Waals surface area contributed by atoms with Crippen LogP contribution in [0.5, 0.6) is 0 Å². The minimum absolute atomic E-state index is 0.0431. The first-order valence-corrected chi connectivity index (χ1v) is 6.83. The Morgan fingerprint density at radius 2 is 1.83 bits per heavy atom. The van der Waals surface area contributed by atoms with Gasteiger partial charge in [-0.3, -0.25) is 0 Å². The maximum atomic E-state index is 5.43. The molecule has 0 saturated carbocycles. The van der Waals surface area contributed by atoms with Crippen molar-refractivity contribution < 1.29 is 4.74 Å². The van der Waals surface area contributed by atoms with E-state index in [1.54, 1.807) is 7.11 Å². The van der Waals surface area contributed by atoms with Crippen molar-refractivity contribution >= 4 is 0 Å². The summed E-state index contributed by atoms with van der Waals surface area (Å²) in [5.74, 6) is 0. The van der Waals surface area contributed by atoms with Crippen LogP contribution in [-0.2, 0) is 4.74 Å². The van der Waals surface area contributed by atoms with E-state index >= 15 is 0 Å². The summed E-state index contributed by atoms with van der Waals surface area (Å²) >= 11 is 0. The van der Waals surface area contributed by atoms with E-state index < -0.39 is 0 Å². The molecule has 1 N–H and O–H groups in total. The van der Waals surface area contributed by atoms with Crippen LogP contribution in [0.4, 0.5) is 0 Å². The molecule has 0 heterocycles. The Hall–Kier alpha value is -0.860. The third-order valence-corrected chi connectivity index (χ3v) is 3.56. The fourth-order valence-electron chi connectivity index (χ4n) is 1.95. The fourth-order valence-corrected chi connectivity index (χ4v) is 1.95. The standard InChI is InChI=1S/C16H27NO/c1-6-15(14-9-7-13(2)8-10-14)17-12-11-16(3,4)18-5/h7-10,15,17H,6,11-12H2,1-5H3. The zero-order chi connectivity index (χ0) is 13.6. The summed E-state index contributed by atoms with van der Waals surface area (Å²) < 4.78 is 5.43. The maximum Gasteiger partial charge on any atom is 0.0634 e. The Bertz CT molecular complexity index is 343. The predicted molar refractivity (Wildman–Crippen MR) is 77.9 cm³/mol. The Kier molecular flexibility index (Phi) is 5.83. The highest BCUT2D eigenvalue weighted by Gasteiger charge is 2.16. The highest BCUT2D eigenvalue weighted by atomic mass is 16.5. The second-order valence-corrected chi connectivity index (χ2v) is 5.54. The lowest BCUT2D eigenvalue weighted by Gasteiger charge is -2.25. The number of hydrogen-bond donors (Lipinski definition) is 1.